The molecular formula is C29H39ClO4. The van der Waals surface area contributed by atoms with Crippen molar-refractivity contribution >= 4 is 23.5 Å². The van der Waals surface area contributed by atoms with Gasteiger partial charge in [-0.3, -0.25) is 4.79 Å². The summed E-state index contributed by atoms with van der Waals surface area (Å²) in [5, 5.41) is -0.184. The van der Waals surface area contributed by atoms with Gasteiger partial charge in [-0.15, -0.1) is 11.6 Å². The molecule has 5 heteroatoms. The Balaban J connectivity index is 1.78. The predicted molar refractivity (Wildman–Crippen MR) is 140 cm³/mol. The lowest BCUT2D eigenvalue weighted by Gasteiger charge is -2.16. The van der Waals surface area contributed by atoms with Gasteiger partial charge >= 0.3 is 11.9 Å². The molecule has 2 aromatic carbocycles. The van der Waals surface area contributed by atoms with Gasteiger partial charge in [0.1, 0.15) is 12.4 Å². The molecule has 0 N–H and O–H groups in total. The molecule has 0 aliphatic heterocycles. The van der Waals surface area contributed by atoms with Crippen LogP contribution in [0, 0.1) is 5.92 Å². The zero-order valence-electron chi connectivity index (χ0n) is 20.9. The zero-order chi connectivity index (χ0) is 24.8. The average molecular weight is 487 g/mol. The molecule has 2 rings (SSSR count). The van der Waals surface area contributed by atoms with Gasteiger partial charge in [0.15, 0.2) is 0 Å². The van der Waals surface area contributed by atoms with Gasteiger partial charge in [-0.2, -0.15) is 0 Å². The molecule has 0 saturated carbocycles. The molecule has 2 aromatic rings. The number of benzene rings is 2. The summed E-state index contributed by atoms with van der Waals surface area (Å²) in [6.07, 6.45) is 9.61. The van der Waals surface area contributed by atoms with E-state index in [4.69, 9.17) is 21.1 Å². The topological polar surface area (TPSA) is 52.6 Å². The molecule has 0 amide bonds. The van der Waals surface area contributed by atoms with Crippen LogP contribution >= 0.6 is 11.6 Å². The maximum absolute atomic E-state index is 12.3. The van der Waals surface area contributed by atoms with E-state index in [0.717, 1.165) is 30.4 Å². The molecule has 0 aromatic heterocycles. The van der Waals surface area contributed by atoms with Gasteiger partial charge in [-0.05, 0) is 47.7 Å². The van der Waals surface area contributed by atoms with Crippen LogP contribution in [-0.2, 0) is 9.53 Å². The van der Waals surface area contributed by atoms with Crippen molar-refractivity contribution in [3.05, 3.63) is 54.1 Å². The first-order valence-electron chi connectivity index (χ1n) is 12.7. The first kappa shape index (κ1) is 27.9. The Morgan fingerprint density at radius 1 is 0.824 bits per heavy atom. The summed E-state index contributed by atoms with van der Waals surface area (Å²) in [7, 11) is 0. The van der Waals surface area contributed by atoms with Crippen molar-refractivity contribution in [1.82, 2.24) is 0 Å². The summed E-state index contributed by atoms with van der Waals surface area (Å²) in [4.78, 5) is 24.4. The van der Waals surface area contributed by atoms with E-state index >= 15 is 0 Å². The molecular weight excluding hydrogens is 448 g/mol. The third-order valence-corrected chi connectivity index (χ3v) is 6.72. The number of halogens is 1. The minimum Gasteiger partial charge on any atom is -0.461 e. The Kier molecular flexibility index (Phi) is 12.8. The highest BCUT2D eigenvalue weighted by atomic mass is 35.5. The third-order valence-electron chi connectivity index (χ3n) is 6.16. The second-order valence-corrected chi connectivity index (χ2v) is 9.51. The van der Waals surface area contributed by atoms with E-state index in [0.29, 0.717) is 23.7 Å². The van der Waals surface area contributed by atoms with Gasteiger partial charge in [0.2, 0.25) is 0 Å². The van der Waals surface area contributed by atoms with E-state index in [1.807, 2.05) is 31.2 Å². The highest BCUT2D eigenvalue weighted by molar-refractivity contribution is 6.21. The molecule has 0 aliphatic carbocycles. The molecule has 0 spiro atoms. The number of hydrogen-bond donors (Lipinski definition) is 0. The largest absolute Gasteiger partial charge is 0.461 e. The fourth-order valence-corrected chi connectivity index (χ4v) is 3.82. The first-order chi connectivity index (χ1) is 16.4. The van der Waals surface area contributed by atoms with Crippen LogP contribution in [0.15, 0.2) is 48.5 Å². The Labute approximate surface area is 210 Å². The molecule has 0 fully saturated rings. The summed E-state index contributed by atoms with van der Waals surface area (Å²) < 4.78 is 10.8. The zero-order valence-corrected chi connectivity index (χ0v) is 21.6. The molecule has 0 bridgehead atoms. The van der Waals surface area contributed by atoms with Crippen LogP contribution in [0.2, 0.25) is 0 Å². The molecule has 34 heavy (non-hydrogen) atoms. The van der Waals surface area contributed by atoms with Crippen LogP contribution < -0.4 is 4.74 Å². The number of hydrogen-bond acceptors (Lipinski definition) is 4. The number of unbranched alkanes of at least 4 members (excludes halogenated alkanes) is 6. The predicted octanol–water partition coefficient (Wildman–Crippen LogP) is 8.21. The van der Waals surface area contributed by atoms with Gasteiger partial charge in [-0.25, -0.2) is 4.79 Å². The number of rotatable bonds is 15. The molecule has 186 valence electrons. The first-order valence-corrected chi connectivity index (χ1v) is 13.1. The number of ether oxygens (including phenoxy) is 2. The molecule has 2 atom stereocenters. The second kappa shape index (κ2) is 15.5. The number of alkyl halides is 1. The molecule has 0 radical (unpaired) electrons. The van der Waals surface area contributed by atoms with Gasteiger partial charge in [0.25, 0.3) is 0 Å². The normalized spacial score (nSPS) is 12.7. The van der Waals surface area contributed by atoms with Crippen molar-refractivity contribution in [2.24, 2.45) is 5.92 Å². The number of carbonyl (C=O) groups is 2. The van der Waals surface area contributed by atoms with Gasteiger partial charge in [0.05, 0.1) is 10.9 Å². The number of carbonyl (C=O) groups excluding carboxylic acids is 2. The monoisotopic (exact) mass is 486 g/mol. The molecule has 4 nitrogen and oxygen atoms in total. The van der Waals surface area contributed by atoms with Crippen molar-refractivity contribution in [3.63, 3.8) is 0 Å². The maximum atomic E-state index is 12.3. The quantitative estimate of drug-likeness (QED) is 0.110. The van der Waals surface area contributed by atoms with Gasteiger partial charge in [-0.1, -0.05) is 90.0 Å². The molecule has 0 aliphatic rings. The lowest BCUT2D eigenvalue weighted by molar-refractivity contribution is -0.134. The minimum absolute atomic E-state index is 0.184. The summed E-state index contributed by atoms with van der Waals surface area (Å²) in [5.41, 5.74) is 2.43. The highest BCUT2D eigenvalue weighted by Crippen LogP contribution is 2.24. The molecule has 2 unspecified atom stereocenters. The minimum atomic E-state index is -0.372. The standard InChI is InChI=1S/C29H39ClO4/c1-4-6-7-8-9-10-11-12-28(31)34-26-19-17-24(18-20-26)23-13-15-25(16-14-23)29(32)33-21-27(30)22(3)5-2/h13-20,22,27H,4-12,21H2,1-3H3. The second-order valence-electron chi connectivity index (χ2n) is 8.95. The van der Waals surface area contributed by atoms with E-state index in [9.17, 15) is 9.59 Å². The summed E-state index contributed by atoms with van der Waals surface area (Å²) in [6.45, 7) is 6.53. The highest BCUT2D eigenvalue weighted by Gasteiger charge is 2.16. The molecule has 0 saturated heterocycles. The lowest BCUT2D eigenvalue weighted by Crippen LogP contribution is -2.20. The van der Waals surface area contributed by atoms with E-state index in [1.54, 1.807) is 24.3 Å². The lowest BCUT2D eigenvalue weighted by atomic mass is 10.0. The van der Waals surface area contributed by atoms with Crippen molar-refractivity contribution in [1.29, 1.82) is 0 Å². The Morgan fingerprint density at radius 3 is 1.97 bits per heavy atom. The fourth-order valence-electron chi connectivity index (χ4n) is 3.58. The van der Waals surface area contributed by atoms with Crippen LogP contribution in [0.25, 0.3) is 11.1 Å². The summed E-state index contributed by atoms with van der Waals surface area (Å²) in [6, 6.07) is 14.7. The Morgan fingerprint density at radius 2 is 1.38 bits per heavy atom. The third kappa shape index (κ3) is 9.89. The van der Waals surface area contributed by atoms with Crippen molar-refractivity contribution in [2.45, 2.75) is 83.9 Å². The van der Waals surface area contributed by atoms with Gasteiger partial charge < -0.3 is 9.47 Å². The van der Waals surface area contributed by atoms with E-state index in [-0.39, 0.29) is 23.9 Å². The van der Waals surface area contributed by atoms with Crippen LogP contribution in [-0.4, -0.2) is 23.9 Å². The van der Waals surface area contributed by atoms with E-state index in [2.05, 4.69) is 13.8 Å². The van der Waals surface area contributed by atoms with Crippen molar-refractivity contribution < 1.29 is 19.1 Å². The van der Waals surface area contributed by atoms with Crippen LogP contribution in [0.3, 0.4) is 0 Å². The van der Waals surface area contributed by atoms with Crippen LogP contribution in [0.4, 0.5) is 0 Å². The van der Waals surface area contributed by atoms with Crippen molar-refractivity contribution in [2.75, 3.05) is 6.61 Å². The maximum Gasteiger partial charge on any atom is 0.338 e. The smallest absolute Gasteiger partial charge is 0.338 e. The number of esters is 2. The fraction of sp³-hybridized carbons (Fsp3) is 0.517. The Hall–Kier alpha value is -2.33. The molecule has 0 heterocycles. The van der Waals surface area contributed by atoms with Gasteiger partial charge in [0, 0.05) is 6.42 Å². The van der Waals surface area contributed by atoms with Crippen molar-refractivity contribution in [3.8, 4) is 16.9 Å². The van der Waals surface area contributed by atoms with E-state index in [1.165, 1.54) is 32.1 Å². The Bertz CT molecular complexity index is 861. The van der Waals surface area contributed by atoms with Crippen LogP contribution in [0.1, 0.15) is 88.9 Å². The SMILES string of the molecule is CCCCCCCCCC(=O)Oc1ccc(-c2ccc(C(=O)OCC(Cl)C(C)CC)cc2)cc1. The van der Waals surface area contributed by atoms with E-state index < -0.39 is 0 Å². The summed E-state index contributed by atoms with van der Waals surface area (Å²) in [5.74, 6) is 0.286. The van der Waals surface area contributed by atoms with Crippen LogP contribution in [0.5, 0.6) is 5.75 Å². The average Bonchev–Trinajstić information content (AvgIpc) is 2.86. The summed E-state index contributed by atoms with van der Waals surface area (Å²) >= 11 is 6.26.